The fourth-order valence-corrected chi connectivity index (χ4v) is 3.13. The molecule has 1 atom stereocenters. The highest BCUT2D eigenvalue weighted by Gasteiger charge is 2.52. The van der Waals surface area contributed by atoms with Crippen LogP contribution < -0.4 is 4.90 Å². The van der Waals surface area contributed by atoms with E-state index in [0.717, 1.165) is 11.1 Å². The average Bonchev–Trinajstić information content (AvgIpc) is 2.66. The monoisotopic (exact) mass is 374 g/mol. The number of amides is 1. The van der Waals surface area contributed by atoms with E-state index in [4.69, 9.17) is 10.4 Å². The zero-order valence-electron chi connectivity index (χ0n) is 13.1. The van der Waals surface area contributed by atoms with Crippen LogP contribution in [0.3, 0.4) is 0 Å². The first-order valence-electron chi connectivity index (χ1n) is 6.89. The van der Waals surface area contributed by atoms with Crippen molar-refractivity contribution >= 4 is 30.2 Å². The molecule has 0 bridgehead atoms. The predicted molar refractivity (Wildman–Crippen MR) is 82.6 cm³/mol. The number of aromatic nitrogens is 1. The van der Waals surface area contributed by atoms with Crippen molar-refractivity contribution in [1.29, 1.82) is 5.26 Å². The summed E-state index contributed by atoms with van der Waals surface area (Å²) in [5.41, 5.74) is -4.72. The summed E-state index contributed by atoms with van der Waals surface area (Å²) in [6, 6.07) is 1.98. The number of aliphatic carboxylic acids is 1. The van der Waals surface area contributed by atoms with Gasteiger partial charge in [0.05, 0.1) is 29.5 Å². The van der Waals surface area contributed by atoms with Gasteiger partial charge in [-0.3, -0.25) is 14.5 Å². The third-order valence-electron chi connectivity index (χ3n) is 3.84. The third kappa shape index (κ3) is 3.27. The van der Waals surface area contributed by atoms with Gasteiger partial charge in [-0.05, 0) is 19.9 Å². The lowest BCUT2D eigenvalue weighted by molar-refractivity contribution is -0.140. The highest BCUT2D eigenvalue weighted by atomic mass is 32.1. The van der Waals surface area contributed by atoms with Gasteiger partial charge in [0, 0.05) is 0 Å². The lowest BCUT2D eigenvalue weighted by Crippen LogP contribution is -2.47. The quantitative estimate of drug-likeness (QED) is 0.782. The van der Waals surface area contributed by atoms with Crippen molar-refractivity contribution in [1.82, 2.24) is 9.88 Å². The van der Waals surface area contributed by atoms with Gasteiger partial charge in [-0.15, -0.1) is 12.6 Å². The summed E-state index contributed by atoms with van der Waals surface area (Å²) in [7, 11) is 0. The number of carbonyl (C=O) groups excluding carboxylic acids is 1. The van der Waals surface area contributed by atoms with E-state index >= 15 is 0 Å². The molecule has 0 aromatic carbocycles. The molecule has 1 unspecified atom stereocenters. The maximum Gasteiger partial charge on any atom is 0.419 e. The van der Waals surface area contributed by atoms with Gasteiger partial charge in [-0.2, -0.15) is 18.4 Å². The van der Waals surface area contributed by atoms with Crippen LogP contribution in [0.2, 0.25) is 0 Å². The molecule has 134 valence electrons. The molecule has 0 saturated carbocycles. The van der Waals surface area contributed by atoms with Crippen LogP contribution in [0.4, 0.5) is 18.9 Å². The largest absolute Gasteiger partial charge is 0.480 e. The van der Waals surface area contributed by atoms with Crippen LogP contribution in [0.5, 0.6) is 0 Å². The Hall–Kier alpha value is -2.32. The van der Waals surface area contributed by atoms with E-state index in [0.29, 0.717) is 6.07 Å². The fourth-order valence-electron chi connectivity index (χ4n) is 2.52. The number of carbonyl (C=O) groups is 2. The van der Waals surface area contributed by atoms with Crippen LogP contribution in [0.1, 0.15) is 25.1 Å². The number of nitrogens with zero attached hydrogens (tertiary/aromatic N) is 4. The lowest BCUT2D eigenvalue weighted by atomic mass is 10.0. The van der Waals surface area contributed by atoms with Crippen LogP contribution >= 0.6 is 12.6 Å². The number of hydrogen-bond acceptors (Lipinski definition) is 6. The van der Waals surface area contributed by atoms with Crippen molar-refractivity contribution in [2.45, 2.75) is 31.1 Å². The first-order chi connectivity index (χ1) is 11.4. The van der Waals surface area contributed by atoms with Gasteiger partial charge in [0.2, 0.25) is 5.91 Å². The number of carboxylic acids is 1. The van der Waals surface area contributed by atoms with Gasteiger partial charge in [-0.1, -0.05) is 0 Å². The van der Waals surface area contributed by atoms with E-state index < -0.39 is 46.9 Å². The summed E-state index contributed by atoms with van der Waals surface area (Å²) in [5, 5.41) is 17.8. The molecule has 1 aromatic heterocycles. The Morgan fingerprint density at radius 3 is 2.60 bits per heavy atom. The molecule has 0 spiro atoms. The van der Waals surface area contributed by atoms with Crippen LogP contribution in [0.15, 0.2) is 12.3 Å². The van der Waals surface area contributed by atoms with Gasteiger partial charge in [-0.25, -0.2) is 9.88 Å². The molecule has 2 rings (SSSR count). The SMILES string of the molecule is CC1(C)C(=O)N(c2cnc(C#N)c(C(F)(F)F)c2)C(S)N1CC(=O)O. The maximum absolute atomic E-state index is 13.1. The summed E-state index contributed by atoms with van der Waals surface area (Å²) in [6.45, 7) is 2.37. The number of anilines is 1. The molecule has 1 aromatic rings. The highest BCUT2D eigenvalue weighted by molar-refractivity contribution is 7.81. The number of alkyl halides is 3. The second kappa shape index (κ2) is 6.20. The molecular formula is C14H13F3N4O3S. The van der Waals surface area contributed by atoms with Gasteiger partial charge in [0.1, 0.15) is 11.6 Å². The van der Waals surface area contributed by atoms with E-state index in [9.17, 15) is 22.8 Å². The first kappa shape index (κ1) is 19.0. The van der Waals surface area contributed by atoms with E-state index in [1.165, 1.54) is 24.8 Å². The van der Waals surface area contributed by atoms with Gasteiger partial charge < -0.3 is 5.11 Å². The Morgan fingerprint density at radius 1 is 1.52 bits per heavy atom. The smallest absolute Gasteiger partial charge is 0.419 e. The normalized spacial score (nSPS) is 20.6. The standard InChI is InChI=1S/C14H13F3N4O3S/c1-13(2)11(24)21(12(25)20(13)6-10(22)23)7-3-8(14(15,16)17)9(4-18)19-5-7/h3,5,12,25H,6H2,1-2H3,(H,22,23). The van der Waals surface area contributed by atoms with Crippen molar-refractivity contribution in [2.75, 3.05) is 11.4 Å². The molecule has 2 heterocycles. The minimum atomic E-state index is -4.83. The molecule has 0 aliphatic carbocycles. The van der Waals surface area contributed by atoms with Gasteiger partial charge in [0.15, 0.2) is 5.69 Å². The molecule has 1 fully saturated rings. The highest BCUT2D eigenvalue weighted by Crippen LogP contribution is 2.39. The number of pyridine rings is 1. The molecule has 1 N–H and O–H groups in total. The summed E-state index contributed by atoms with van der Waals surface area (Å²) in [4.78, 5) is 29.2. The van der Waals surface area contributed by atoms with E-state index in [1.807, 2.05) is 0 Å². The van der Waals surface area contributed by atoms with Gasteiger partial charge in [0.25, 0.3) is 0 Å². The molecule has 1 aliphatic rings. The molecule has 1 saturated heterocycles. The minimum Gasteiger partial charge on any atom is -0.480 e. The molecule has 1 aliphatic heterocycles. The topological polar surface area (TPSA) is 97.5 Å². The number of halogens is 3. The van der Waals surface area contributed by atoms with E-state index in [2.05, 4.69) is 17.6 Å². The van der Waals surface area contributed by atoms with Crippen LogP contribution in [-0.4, -0.2) is 44.4 Å². The van der Waals surface area contributed by atoms with Crippen molar-refractivity contribution in [3.05, 3.63) is 23.5 Å². The van der Waals surface area contributed by atoms with Crippen LogP contribution in [0, 0.1) is 11.3 Å². The van der Waals surface area contributed by atoms with Crippen molar-refractivity contribution in [2.24, 2.45) is 0 Å². The number of rotatable bonds is 3. The minimum absolute atomic E-state index is 0.225. The molecule has 25 heavy (non-hydrogen) atoms. The van der Waals surface area contributed by atoms with Crippen molar-refractivity contribution in [3.8, 4) is 6.07 Å². The Bertz CT molecular complexity index is 776. The van der Waals surface area contributed by atoms with E-state index in [1.54, 1.807) is 0 Å². The van der Waals surface area contributed by atoms with Crippen LogP contribution in [0.25, 0.3) is 0 Å². The Kier molecular flexibility index (Phi) is 4.71. The maximum atomic E-state index is 13.1. The third-order valence-corrected chi connectivity index (χ3v) is 4.35. The summed E-state index contributed by atoms with van der Waals surface area (Å²) in [5.74, 6) is -1.84. The molecule has 7 nitrogen and oxygen atoms in total. The van der Waals surface area contributed by atoms with E-state index in [-0.39, 0.29) is 5.69 Å². The predicted octanol–water partition coefficient (Wildman–Crippen LogP) is 1.70. The number of nitriles is 1. The lowest BCUT2D eigenvalue weighted by Gasteiger charge is -2.29. The van der Waals surface area contributed by atoms with Gasteiger partial charge >= 0.3 is 12.1 Å². The number of thiol groups is 1. The van der Waals surface area contributed by atoms with Crippen molar-refractivity contribution in [3.63, 3.8) is 0 Å². The summed E-state index contributed by atoms with van der Waals surface area (Å²) in [6.07, 6.45) is -3.88. The van der Waals surface area contributed by atoms with Crippen LogP contribution in [-0.2, 0) is 15.8 Å². The molecule has 11 heteroatoms. The van der Waals surface area contributed by atoms with Crippen molar-refractivity contribution < 1.29 is 27.9 Å². The average molecular weight is 374 g/mol. The Morgan fingerprint density at radius 2 is 2.12 bits per heavy atom. The Labute approximate surface area is 146 Å². The number of hydrogen-bond donors (Lipinski definition) is 2. The zero-order valence-corrected chi connectivity index (χ0v) is 14.0. The summed E-state index contributed by atoms with van der Waals surface area (Å²) >= 11 is 4.19. The molecule has 0 radical (unpaired) electrons. The molecule has 1 amide bonds. The fraction of sp³-hybridized carbons (Fsp3) is 0.429. The summed E-state index contributed by atoms with van der Waals surface area (Å²) < 4.78 is 39.3. The Balaban J connectivity index is 2.53. The second-order valence-corrected chi connectivity index (χ2v) is 6.26. The number of carboxylic acid groups (broad SMARTS) is 1. The second-order valence-electron chi connectivity index (χ2n) is 5.80. The molecular weight excluding hydrogens is 361 g/mol. The zero-order chi connectivity index (χ0) is 19.2. The first-order valence-corrected chi connectivity index (χ1v) is 7.40.